The van der Waals surface area contributed by atoms with Gasteiger partial charge in [0, 0.05) is 37.3 Å². The molecule has 7 heteroatoms. The summed E-state index contributed by atoms with van der Waals surface area (Å²) in [5.41, 5.74) is 3.42. The molecule has 0 spiro atoms. The van der Waals surface area contributed by atoms with Crippen molar-refractivity contribution >= 4 is 34.3 Å². The van der Waals surface area contributed by atoms with Gasteiger partial charge in [-0.05, 0) is 43.3 Å². The van der Waals surface area contributed by atoms with Crippen molar-refractivity contribution in [3.05, 3.63) is 65.2 Å². The number of nitrogens with one attached hydrogen (secondary N) is 1. The molecule has 2 heterocycles. The van der Waals surface area contributed by atoms with E-state index in [1.54, 1.807) is 24.3 Å². The van der Waals surface area contributed by atoms with E-state index in [0.717, 1.165) is 43.9 Å². The van der Waals surface area contributed by atoms with E-state index in [2.05, 4.69) is 22.0 Å². The Morgan fingerprint density at radius 1 is 1.03 bits per heavy atom. The van der Waals surface area contributed by atoms with Gasteiger partial charge >= 0.3 is 5.97 Å². The van der Waals surface area contributed by atoms with Gasteiger partial charge in [-0.15, -0.1) is 0 Å². The van der Waals surface area contributed by atoms with Crippen LogP contribution in [-0.4, -0.2) is 59.6 Å². The minimum atomic E-state index is -1.01. The number of benzene rings is 2. The number of nitrogens with zero attached hydrogens (tertiary/aromatic N) is 3. The van der Waals surface area contributed by atoms with Crippen molar-refractivity contribution in [2.24, 2.45) is 0 Å². The van der Waals surface area contributed by atoms with Crippen LogP contribution in [0.2, 0.25) is 0 Å². The minimum absolute atomic E-state index is 0.150. The molecule has 3 aromatic rings. The SMILES string of the molecule is CCN1CCN(c2cc(C(=O)O)c3cc(NC(=O)Cc4ccc(C)cc4)ccc3n2)CC1. The van der Waals surface area contributed by atoms with Crippen LogP contribution < -0.4 is 10.2 Å². The molecule has 0 unspecified atom stereocenters. The maximum absolute atomic E-state index is 12.5. The summed E-state index contributed by atoms with van der Waals surface area (Å²) in [5.74, 6) is -0.473. The molecule has 2 N–H and O–H groups in total. The molecule has 0 aliphatic carbocycles. The van der Waals surface area contributed by atoms with Crippen LogP contribution in [0.5, 0.6) is 0 Å². The second-order valence-electron chi connectivity index (χ2n) is 8.20. The Labute approximate surface area is 187 Å². The molecular formula is C25H28N4O3. The van der Waals surface area contributed by atoms with E-state index >= 15 is 0 Å². The van der Waals surface area contributed by atoms with Gasteiger partial charge in [-0.3, -0.25) is 4.79 Å². The van der Waals surface area contributed by atoms with E-state index in [0.29, 0.717) is 22.4 Å². The number of fused-ring (bicyclic) bond motifs is 1. The van der Waals surface area contributed by atoms with Gasteiger partial charge in [0.05, 0.1) is 17.5 Å². The molecule has 2 aromatic carbocycles. The number of piperazine rings is 1. The van der Waals surface area contributed by atoms with Crippen LogP contribution in [0.15, 0.2) is 48.5 Å². The lowest BCUT2D eigenvalue weighted by Gasteiger charge is -2.35. The highest BCUT2D eigenvalue weighted by Gasteiger charge is 2.20. The second-order valence-corrected chi connectivity index (χ2v) is 8.20. The first-order valence-electron chi connectivity index (χ1n) is 10.9. The summed E-state index contributed by atoms with van der Waals surface area (Å²) >= 11 is 0. The van der Waals surface area contributed by atoms with Gasteiger partial charge in [0.25, 0.3) is 0 Å². The third kappa shape index (κ3) is 4.89. The summed E-state index contributed by atoms with van der Waals surface area (Å²) in [4.78, 5) is 33.7. The predicted molar refractivity (Wildman–Crippen MR) is 127 cm³/mol. The first-order valence-corrected chi connectivity index (χ1v) is 10.9. The largest absolute Gasteiger partial charge is 0.478 e. The highest BCUT2D eigenvalue weighted by atomic mass is 16.4. The zero-order valence-corrected chi connectivity index (χ0v) is 18.5. The molecular weight excluding hydrogens is 404 g/mol. The van der Waals surface area contributed by atoms with Crippen LogP contribution in [0.25, 0.3) is 10.9 Å². The zero-order valence-electron chi connectivity index (χ0n) is 18.5. The smallest absolute Gasteiger partial charge is 0.336 e. The molecule has 7 nitrogen and oxygen atoms in total. The van der Waals surface area contributed by atoms with Gasteiger partial charge in [-0.25, -0.2) is 9.78 Å². The average molecular weight is 433 g/mol. The summed E-state index contributed by atoms with van der Waals surface area (Å²) in [7, 11) is 0. The van der Waals surface area contributed by atoms with Crippen molar-refractivity contribution in [1.82, 2.24) is 9.88 Å². The molecule has 1 aliphatic heterocycles. The van der Waals surface area contributed by atoms with Crippen molar-refractivity contribution in [1.29, 1.82) is 0 Å². The number of pyridine rings is 1. The van der Waals surface area contributed by atoms with Crippen molar-refractivity contribution < 1.29 is 14.7 Å². The molecule has 0 radical (unpaired) electrons. The molecule has 166 valence electrons. The van der Waals surface area contributed by atoms with E-state index in [1.165, 1.54) is 0 Å². The third-order valence-corrected chi connectivity index (χ3v) is 5.94. The number of carbonyl (C=O) groups excluding carboxylic acids is 1. The molecule has 1 fully saturated rings. The fraction of sp³-hybridized carbons (Fsp3) is 0.320. The minimum Gasteiger partial charge on any atom is -0.478 e. The topological polar surface area (TPSA) is 85.8 Å². The van der Waals surface area contributed by atoms with E-state index in [9.17, 15) is 14.7 Å². The number of rotatable bonds is 6. The Balaban J connectivity index is 1.56. The number of hydrogen-bond donors (Lipinski definition) is 2. The van der Waals surface area contributed by atoms with Crippen molar-refractivity contribution in [3.8, 4) is 0 Å². The number of aromatic nitrogens is 1. The quantitative estimate of drug-likeness (QED) is 0.619. The number of hydrogen-bond acceptors (Lipinski definition) is 5. The number of aromatic carboxylic acids is 1. The molecule has 0 saturated carbocycles. The van der Waals surface area contributed by atoms with E-state index in [-0.39, 0.29) is 17.9 Å². The highest BCUT2D eigenvalue weighted by molar-refractivity contribution is 6.05. The first-order chi connectivity index (χ1) is 15.4. The van der Waals surface area contributed by atoms with Crippen LogP contribution in [-0.2, 0) is 11.2 Å². The summed E-state index contributed by atoms with van der Waals surface area (Å²) in [6, 6.07) is 14.7. The van der Waals surface area contributed by atoms with E-state index in [1.807, 2.05) is 31.2 Å². The maximum atomic E-state index is 12.5. The Hall–Kier alpha value is -3.45. The van der Waals surface area contributed by atoms with Crippen molar-refractivity contribution in [3.63, 3.8) is 0 Å². The standard InChI is InChI=1S/C25H28N4O3/c1-3-28-10-12-29(13-11-28)23-16-21(25(31)32)20-15-19(8-9-22(20)27-23)26-24(30)14-18-6-4-17(2)5-7-18/h4-9,15-16H,3,10-14H2,1-2H3,(H,26,30)(H,31,32). The molecule has 1 aromatic heterocycles. The summed E-state index contributed by atoms with van der Waals surface area (Å²) in [5, 5.41) is 13.2. The highest BCUT2D eigenvalue weighted by Crippen LogP contribution is 2.27. The summed E-state index contributed by atoms with van der Waals surface area (Å²) in [6.45, 7) is 8.66. The van der Waals surface area contributed by atoms with Gasteiger partial charge in [-0.1, -0.05) is 36.8 Å². The lowest BCUT2D eigenvalue weighted by atomic mass is 10.1. The number of likely N-dealkylation sites (N-methyl/N-ethyl adjacent to an activating group) is 1. The molecule has 4 rings (SSSR count). The average Bonchev–Trinajstić information content (AvgIpc) is 2.80. The van der Waals surface area contributed by atoms with Gasteiger partial charge < -0.3 is 20.2 Å². The number of carboxylic acids is 1. The number of aryl methyl sites for hydroxylation is 1. The van der Waals surface area contributed by atoms with Gasteiger partial charge in [0.1, 0.15) is 5.82 Å². The summed E-state index contributed by atoms with van der Waals surface area (Å²) < 4.78 is 0. The Kier molecular flexibility index (Phi) is 6.37. The number of anilines is 2. The molecule has 1 saturated heterocycles. The Morgan fingerprint density at radius 3 is 2.41 bits per heavy atom. The molecule has 1 aliphatic rings. The monoisotopic (exact) mass is 432 g/mol. The molecule has 1 amide bonds. The summed E-state index contributed by atoms with van der Waals surface area (Å²) in [6.07, 6.45) is 0.255. The molecule has 0 bridgehead atoms. The van der Waals surface area contributed by atoms with Crippen molar-refractivity contribution in [2.75, 3.05) is 42.9 Å². The van der Waals surface area contributed by atoms with Crippen LogP contribution in [0.3, 0.4) is 0 Å². The third-order valence-electron chi connectivity index (χ3n) is 5.94. The second kappa shape index (κ2) is 9.36. The number of carbonyl (C=O) groups is 2. The maximum Gasteiger partial charge on any atom is 0.336 e. The van der Waals surface area contributed by atoms with Crippen LogP contribution in [0.1, 0.15) is 28.4 Å². The van der Waals surface area contributed by atoms with Crippen molar-refractivity contribution in [2.45, 2.75) is 20.3 Å². The Bertz CT molecular complexity index is 1140. The van der Waals surface area contributed by atoms with Crippen LogP contribution >= 0.6 is 0 Å². The normalized spacial score (nSPS) is 14.5. The van der Waals surface area contributed by atoms with Gasteiger partial charge in [0.2, 0.25) is 5.91 Å². The lowest BCUT2D eigenvalue weighted by molar-refractivity contribution is -0.115. The fourth-order valence-corrected chi connectivity index (χ4v) is 4.02. The number of amides is 1. The van der Waals surface area contributed by atoms with E-state index in [4.69, 9.17) is 4.98 Å². The fourth-order valence-electron chi connectivity index (χ4n) is 4.02. The predicted octanol–water partition coefficient (Wildman–Crippen LogP) is 3.56. The zero-order chi connectivity index (χ0) is 22.7. The lowest BCUT2D eigenvalue weighted by Crippen LogP contribution is -2.46. The van der Waals surface area contributed by atoms with Crippen LogP contribution in [0, 0.1) is 6.92 Å². The Morgan fingerprint density at radius 2 is 1.75 bits per heavy atom. The van der Waals surface area contributed by atoms with Gasteiger partial charge in [-0.2, -0.15) is 0 Å². The first kappa shape index (κ1) is 21.8. The molecule has 0 atom stereocenters. The molecule has 32 heavy (non-hydrogen) atoms. The van der Waals surface area contributed by atoms with E-state index < -0.39 is 5.97 Å². The van der Waals surface area contributed by atoms with Gasteiger partial charge in [0.15, 0.2) is 0 Å². The number of carboxylic acid groups (broad SMARTS) is 1. The van der Waals surface area contributed by atoms with Crippen LogP contribution in [0.4, 0.5) is 11.5 Å².